The summed E-state index contributed by atoms with van der Waals surface area (Å²) in [7, 11) is 0. The summed E-state index contributed by atoms with van der Waals surface area (Å²) >= 11 is 0. The first-order chi connectivity index (χ1) is 9.31. The number of nitrogens with zero attached hydrogens (tertiary/aromatic N) is 2. The third-order valence-corrected chi connectivity index (χ3v) is 3.30. The highest BCUT2D eigenvalue weighted by Crippen LogP contribution is 2.37. The van der Waals surface area contributed by atoms with E-state index in [0.717, 1.165) is 29.3 Å². The molecule has 5 nitrogen and oxygen atoms in total. The number of aryl methyl sites for hydroxylation is 1. The van der Waals surface area contributed by atoms with Crippen LogP contribution in [0.15, 0.2) is 30.5 Å². The van der Waals surface area contributed by atoms with Gasteiger partial charge in [-0.3, -0.25) is 4.68 Å². The Morgan fingerprint density at radius 2 is 2.16 bits per heavy atom. The summed E-state index contributed by atoms with van der Waals surface area (Å²) in [4.78, 5) is 0. The van der Waals surface area contributed by atoms with Crippen LogP contribution in [0.5, 0.6) is 11.5 Å². The lowest BCUT2D eigenvalue weighted by Gasteiger charge is -2.23. The maximum Gasteiger partial charge on any atom is 0.166 e. The molecule has 2 N–H and O–H groups in total. The van der Waals surface area contributed by atoms with Crippen molar-refractivity contribution in [2.75, 3.05) is 13.2 Å². The second-order valence-corrected chi connectivity index (χ2v) is 4.42. The number of fused-ring (bicyclic) bond motifs is 1. The monoisotopic (exact) mass is 259 g/mol. The first-order valence-corrected chi connectivity index (χ1v) is 6.47. The average Bonchev–Trinajstić information content (AvgIpc) is 2.94. The van der Waals surface area contributed by atoms with E-state index in [4.69, 9.17) is 15.2 Å². The standard InChI is InChI=1S/C14H17N3O2/c1-2-17-11(6-7-16-17)13(15)10-4-3-5-12-14(10)19-9-8-18-12/h3-7,13H,2,8-9,15H2,1H3. The molecule has 19 heavy (non-hydrogen) atoms. The van der Waals surface area contributed by atoms with Crippen molar-refractivity contribution in [3.8, 4) is 11.5 Å². The van der Waals surface area contributed by atoms with Crippen molar-refractivity contribution >= 4 is 0 Å². The van der Waals surface area contributed by atoms with Gasteiger partial charge in [-0.2, -0.15) is 5.10 Å². The molecule has 0 aliphatic carbocycles. The Morgan fingerprint density at radius 3 is 3.00 bits per heavy atom. The molecule has 0 spiro atoms. The largest absolute Gasteiger partial charge is 0.486 e. The highest BCUT2D eigenvalue weighted by Gasteiger charge is 2.22. The quantitative estimate of drug-likeness (QED) is 0.911. The second-order valence-electron chi connectivity index (χ2n) is 4.42. The Labute approximate surface area is 111 Å². The average molecular weight is 259 g/mol. The predicted molar refractivity (Wildman–Crippen MR) is 71.4 cm³/mol. The number of rotatable bonds is 3. The van der Waals surface area contributed by atoms with Gasteiger partial charge in [-0.05, 0) is 19.1 Å². The van der Waals surface area contributed by atoms with Gasteiger partial charge >= 0.3 is 0 Å². The third kappa shape index (κ3) is 2.06. The molecule has 0 radical (unpaired) electrons. The summed E-state index contributed by atoms with van der Waals surface area (Å²) in [5, 5.41) is 4.26. The number of aromatic nitrogens is 2. The zero-order chi connectivity index (χ0) is 13.2. The minimum Gasteiger partial charge on any atom is -0.486 e. The first kappa shape index (κ1) is 12.0. The Kier molecular flexibility index (Phi) is 3.13. The van der Waals surface area contributed by atoms with Crippen LogP contribution >= 0.6 is 0 Å². The fourth-order valence-corrected chi connectivity index (χ4v) is 2.37. The number of hydrogen-bond acceptors (Lipinski definition) is 4. The van der Waals surface area contributed by atoms with Gasteiger partial charge in [0.05, 0.1) is 11.7 Å². The van der Waals surface area contributed by atoms with Crippen molar-refractivity contribution in [2.45, 2.75) is 19.5 Å². The van der Waals surface area contributed by atoms with E-state index >= 15 is 0 Å². The molecule has 0 bridgehead atoms. The Bertz CT molecular complexity index is 580. The predicted octanol–water partition coefficient (Wildman–Crippen LogP) is 1.72. The molecule has 0 fully saturated rings. The van der Waals surface area contributed by atoms with Crippen molar-refractivity contribution in [1.82, 2.24) is 9.78 Å². The van der Waals surface area contributed by atoms with Crippen LogP contribution in [0, 0.1) is 0 Å². The Hall–Kier alpha value is -2.01. The summed E-state index contributed by atoms with van der Waals surface area (Å²) in [6.45, 7) is 3.98. The van der Waals surface area contributed by atoms with Crippen LogP contribution in [-0.2, 0) is 6.54 Å². The van der Waals surface area contributed by atoms with Crippen LogP contribution in [0.1, 0.15) is 24.2 Å². The molecule has 1 aliphatic rings. The van der Waals surface area contributed by atoms with Gasteiger partial charge in [-0.1, -0.05) is 12.1 Å². The van der Waals surface area contributed by atoms with Crippen molar-refractivity contribution in [3.05, 3.63) is 41.7 Å². The van der Waals surface area contributed by atoms with E-state index < -0.39 is 0 Å². The van der Waals surface area contributed by atoms with Crippen LogP contribution in [0.2, 0.25) is 0 Å². The Balaban J connectivity index is 2.02. The maximum absolute atomic E-state index is 6.36. The van der Waals surface area contributed by atoms with Gasteiger partial charge in [0.15, 0.2) is 11.5 Å². The van der Waals surface area contributed by atoms with Gasteiger partial charge in [0, 0.05) is 18.3 Å². The molecule has 1 unspecified atom stereocenters. The van der Waals surface area contributed by atoms with E-state index in [9.17, 15) is 0 Å². The molecule has 1 atom stereocenters. The number of para-hydroxylation sites is 1. The van der Waals surface area contributed by atoms with Crippen molar-refractivity contribution in [3.63, 3.8) is 0 Å². The van der Waals surface area contributed by atoms with Gasteiger partial charge < -0.3 is 15.2 Å². The Morgan fingerprint density at radius 1 is 1.32 bits per heavy atom. The van der Waals surface area contributed by atoms with Crippen LogP contribution in [0.4, 0.5) is 0 Å². The molecule has 1 aliphatic heterocycles. The van der Waals surface area contributed by atoms with Crippen LogP contribution in [0.3, 0.4) is 0 Å². The smallest absolute Gasteiger partial charge is 0.166 e. The maximum atomic E-state index is 6.36. The number of nitrogens with two attached hydrogens (primary N) is 1. The van der Waals surface area contributed by atoms with Crippen molar-refractivity contribution < 1.29 is 9.47 Å². The summed E-state index contributed by atoms with van der Waals surface area (Å²) in [5.41, 5.74) is 8.28. The number of hydrogen-bond donors (Lipinski definition) is 1. The molecule has 2 aromatic rings. The summed E-state index contributed by atoms with van der Waals surface area (Å²) in [6.07, 6.45) is 1.77. The lowest BCUT2D eigenvalue weighted by atomic mass is 10.0. The zero-order valence-electron chi connectivity index (χ0n) is 10.9. The van der Waals surface area contributed by atoms with Crippen LogP contribution < -0.4 is 15.2 Å². The minimum atomic E-state index is -0.265. The zero-order valence-corrected chi connectivity index (χ0v) is 10.9. The fourth-order valence-electron chi connectivity index (χ4n) is 2.37. The van der Waals surface area contributed by atoms with Gasteiger partial charge in [-0.15, -0.1) is 0 Å². The molecule has 2 heterocycles. The van der Waals surface area contributed by atoms with Crippen molar-refractivity contribution in [2.24, 2.45) is 5.73 Å². The molecule has 1 aromatic carbocycles. The molecule has 100 valence electrons. The molecule has 0 saturated carbocycles. The van der Waals surface area contributed by atoms with Crippen LogP contribution in [0.25, 0.3) is 0 Å². The minimum absolute atomic E-state index is 0.265. The molecule has 3 rings (SSSR count). The lowest BCUT2D eigenvalue weighted by Crippen LogP contribution is -2.21. The number of ether oxygens (including phenoxy) is 2. The van der Waals surface area contributed by atoms with E-state index in [1.807, 2.05) is 35.9 Å². The SMILES string of the molecule is CCn1nccc1C(N)c1cccc2c1OCCO2. The molecule has 1 aromatic heterocycles. The number of benzene rings is 1. The van der Waals surface area contributed by atoms with E-state index in [2.05, 4.69) is 5.10 Å². The summed E-state index contributed by atoms with van der Waals surface area (Å²) in [5.74, 6) is 1.52. The van der Waals surface area contributed by atoms with E-state index in [1.54, 1.807) is 6.20 Å². The van der Waals surface area contributed by atoms with E-state index in [1.165, 1.54) is 0 Å². The summed E-state index contributed by atoms with van der Waals surface area (Å²) in [6, 6.07) is 7.50. The van der Waals surface area contributed by atoms with E-state index in [0.29, 0.717) is 13.2 Å². The first-order valence-electron chi connectivity index (χ1n) is 6.47. The molecular formula is C14H17N3O2. The highest BCUT2D eigenvalue weighted by atomic mass is 16.6. The second kappa shape index (κ2) is 4.93. The van der Waals surface area contributed by atoms with Crippen LogP contribution in [-0.4, -0.2) is 23.0 Å². The molecular weight excluding hydrogens is 242 g/mol. The van der Waals surface area contributed by atoms with Gasteiger partial charge in [0.25, 0.3) is 0 Å². The van der Waals surface area contributed by atoms with Gasteiger partial charge in [0.2, 0.25) is 0 Å². The highest BCUT2D eigenvalue weighted by molar-refractivity contribution is 5.50. The van der Waals surface area contributed by atoms with E-state index in [-0.39, 0.29) is 6.04 Å². The fraction of sp³-hybridized carbons (Fsp3) is 0.357. The molecule has 0 amide bonds. The van der Waals surface area contributed by atoms with Crippen molar-refractivity contribution in [1.29, 1.82) is 0 Å². The molecule has 0 saturated heterocycles. The third-order valence-electron chi connectivity index (χ3n) is 3.30. The summed E-state index contributed by atoms with van der Waals surface area (Å²) < 4.78 is 13.2. The lowest BCUT2D eigenvalue weighted by molar-refractivity contribution is 0.169. The van der Waals surface area contributed by atoms with Gasteiger partial charge in [0.1, 0.15) is 13.2 Å². The molecule has 5 heteroatoms. The normalized spacial score (nSPS) is 15.3. The van der Waals surface area contributed by atoms with Gasteiger partial charge in [-0.25, -0.2) is 0 Å². The topological polar surface area (TPSA) is 62.3 Å².